The average Bonchev–Trinajstić information content (AvgIpc) is 3.03. The lowest BCUT2D eigenvalue weighted by molar-refractivity contribution is 0.650. The first-order chi connectivity index (χ1) is 8.90. The third-order valence-electron chi connectivity index (χ3n) is 3.05. The van der Waals surface area contributed by atoms with E-state index < -0.39 is 0 Å². The summed E-state index contributed by atoms with van der Waals surface area (Å²) < 4.78 is 2.29. The summed E-state index contributed by atoms with van der Waals surface area (Å²) >= 11 is 1.61. The van der Waals surface area contributed by atoms with E-state index in [0.717, 1.165) is 30.0 Å². The Morgan fingerprint density at radius 1 is 1.28 bits per heavy atom. The summed E-state index contributed by atoms with van der Waals surface area (Å²) in [6, 6.07) is 8.29. The van der Waals surface area contributed by atoms with Crippen molar-refractivity contribution in [2.45, 2.75) is 26.3 Å². The Balaban J connectivity index is 2.17. The van der Waals surface area contributed by atoms with Gasteiger partial charge in [0.1, 0.15) is 5.69 Å². The molecule has 3 nitrogen and oxygen atoms in total. The van der Waals surface area contributed by atoms with Gasteiger partial charge in [0, 0.05) is 11.9 Å². The molecule has 0 amide bonds. The molecule has 92 valence electrons. The maximum atomic E-state index is 4.72. The van der Waals surface area contributed by atoms with E-state index in [1.54, 1.807) is 11.3 Å². The first-order valence-electron chi connectivity index (χ1n) is 6.24. The van der Waals surface area contributed by atoms with E-state index in [1.807, 2.05) is 11.6 Å². The molecular formula is C14H15N3S. The summed E-state index contributed by atoms with van der Waals surface area (Å²) in [7, 11) is 0. The van der Waals surface area contributed by atoms with Crippen LogP contribution in [0.3, 0.4) is 0 Å². The standard InChI is InChI=1S/C14H15N3S/c1-2-3-8-17-13-7-5-4-6-11(13)16-14(17)12-9-18-10-15-12/h4-7,9-10H,2-3,8H2,1H3. The Kier molecular flexibility index (Phi) is 3.11. The molecule has 3 aromatic rings. The Labute approximate surface area is 110 Å². The van der Waals surface area contributed by atoms with Gasteiger partial charge >= 0.3 is 0 Å². The molecule has 2 aromatic heterocycles. The van der Waals surface area contributed by atoms with Gasteiger partial charge in [-0.1, -0.05) is 25.5 Å². The number of hydrogen-bond acceptors (Lipinski definition) is 3. The Bertz CT molecular complexity index is 640. The minimum absolute atomic E-state index is 0.979. The van der Waals surface area contributed by atoms with E-state index in [-0.39, 0.29) is 0 Å². The number of thiazole rings is 1. The van der Waals surface area contributed by atoms with Crippen LogP contribution in [-0.2, 0) is 6.54 Å². The summed E-state index contributed by atoms with van der Waals surface area (Å²) in [5.74, 6) is 0.992. The molecule has 0 N–H and O–H groups in total. The fourth-order valence-corrected chi connectivity index (χ4v) is 2.67. The van der Waals surface area contributed by atoms with E-state index in [0.29, 0.717) is 0 Å². The van der Waals surface area contributed by atoms with Crippen molar-refractivity contribution in [3.8, 4) is 11.5 Å². The number of imidazole rings is 1. The van der Waals surface area contributed by atoms with Crippen LogP contribution in [0.5, 0.6) is 0 Å². The van der Waals surface area contributed by atoms with Gasteiger partial charge in [0.25, 0.3) is 0 Å². The third-order valence-corrected chi connectivity index (χ3v) is 3.64. The second kappa shape index (κ2) is 4.90. The first-order valence-corrected chi connectivity index (χ1v) is 7.18. The van der Waals surface area contributed by atoms with Gasteiger partial charge in [-0.05, 0) is 18.6 Å². The van der Waals surface area contributed by atoms with Gasteiger partial charge in [0.2, 0.25) is 0 Å². The molecule has 0 saturated carbocycles. The molecule has 1 aromatic carbocycles. The van der Waals surface area contributed by atoms with Gasteiger partial charge in [-0.15, -0.1) is 11.3 Å². The van der Waals surface area contributed by atoms with E-state index in [9.17, 15) is 0 Å². The maximum absolute atomic E-state index is 4.72. The second-order valence-electron chi connectivity index (χ2n) is 4.30. The molecule has 0 radical (unpaired) electrons. The van der Waals surface area contributed by atoms with E-state index in [2.05, 4.69) is 40.1 Å². The lowest BCUT2D eigenvalue weighted by Gasteiger charge is -2.06. The van der Waals surface area contributed by atoms with Crippen LogP contribution < -0.4 is 0 Å². The average molecular weight is 257 g/mol. The molecular weight excluding hydrogens is 242 g/mol. The maximum Gasteiger partial charge on any atom is 0.160 e. The number of aromatic nitrogens is 3. The van der Waals surface area contributed by atoms with Crippen LogP contribution in [0.15, 0.2) is 35.2 Å². The molecule has 0 aliphatic rings. The van der Waals surface area contributed by atoms with E-state index in [4.69, 9.17) is 4.98 Å². The molecule has 2 heterocycles. The van der Waals surface area contributed by atoms with Crippen molar-refractivity contribution in [3.63, 3.8) is 0 Å². The number of fused-ring (bicyclic) bond motifs is 1. The highest BCUT2D eigenvalue weighted by Crippen LogP contribution is 2.25. The Morgan fingerprint density at radius 3 is 2.94 bits per heavy atom. The minimum atomic E-state index is 0.979. The van der Waals surface area contributed by atoms with Crippen molar-refractivity contribution in [2.24, 2.45) is 0 Å². The summed E-state index contributed by atoms with van der Waals surface area (Å²) in [5, 5.41) is 2.06. The summed E-state index contributed by atoms with van der Waals surface area (Å²) in [5.41, 5.74) is 5.09. The molecule has 3 rings (SSSR count). The quantitative estimate of drug-likeness (QED) is 0.708. The van der Waals surface area contributed by atoms with Crippen molar-refractivity contribution in [2.75, 3.05) is 0 Å². The van der Waals surface area contributed by atoms with Crippen molar-refractivity contribution < 1.29 is 0 Å². The number of nitrogens with zero attached hydrogens (tertiary/aromatic N) is 3. The number of hydrogen-bond donors (Lipinski definition) is 0. The molecule has 0 unspecified atom stereocenters. The van der Waals surface area contributed by atoms with Crippen LogP contribution in [0.1, 0.15) is 19.8 Å². The van der Waals surface area contributed by atoms with E-state index in [1.165, 1.54) is 11.9 Å². The number of rotatable bonds is 4. The van der Waals surface area contributed by atoms with Gasteiger partial charge in [0.15, 0.2) is 5.82 Å². The Hall–Kier alpha value is -1.68. The van der Waals surface area contributed by atoms with Crippen LogP contribution in [-0.4, -0.2) is 14.5 Å². The highest BCUT2D eigenvalue weighted by molar-refractivity contribution is 7.07. The third kappa shape index (κ3) is 1.93. The normalized spacial score (nSPS) is 11.2. The predicted molar refractivity (Wildman–Crippen MR) is 75.7 cm³/mol. The highest BCUT2D eigenvalue weighted by atomic mass is 32.1. The van der Waals surface area contributed by atoms with Gasteiger partial charge in [0.05, 0.1) is 16.5 Å². The van der Waals surface area contributed by atoms with Gasteiger partial charge in [-0.25, -0.2) is 9.97 Å². The number of unbranched alkanes of at least 4 members (excludes halogenated alkanes) is 1. The van der Waals surface area contributed by atoms with Gasteiger partial charge in [-0.3, -0.25) is 0 Å². The second-order valence-corrected chi connectivity index (χ2v) is 5.02. The highest BCUT2D eigenvalue weighted by Gasteiger charge is 2.12. The topological polar surface area (TPSA) is 30.7 Å². The Morgan fingerprint density at radius 2 is 2.17 bits per heavy atom. The molecule has 4 heteroatoms. The lowest BCUT2D eigenvalue weighted by Crippen LogP contribution is -2.00. The first kappa shape index (κ1) is 11.4. The zero-order chi connectivity index (χ0) is 12.4. The molecule has 18 heavy (non-hydrogen) atoms. The fraction of sp³-hybridized carbons (Fsp3) is 0.286. The van der Waals surface area contributed by atoms with Crippen LogP contribution in [0, 0.1) is 0 Å². The summed E-state index contributed by atoms with van der Waals surface area (Å²) in [4.78, 5) is 9.10. The molecule has 0 atom stereocenters. The summed E-state index contributed by atoms with van der Waals surface area (Å²) in [6.07, 6.45) is 2.35. The van der Waals surface area contributed by atoms with Gasteiger partial charge in [-0.2, -0.15) is 0 Å². The molecule has 0 aliphatic heterocycles. The van der Waals surface area contributed by atoms with Crippen molar-refractivity contribution >= 4 is 22.4 Å². The van der Waals surface area contributed by atoms with Gasteiger partial charge < -0.3 is 4.57 Å². The molecule has 0 spiro atoms. The lowest BCUT2D eigenvalue weighted by atomic mass is 10.3. The van der Waals surface area contributed by atoms with Crippen LogP contribution in [0.2, 0.25) is 0 Å². The smallest absolute Gasteiger partial charge is 0.160 e. The van der Waals surface area contributed by atoms with Crippen molar-refractivity contribution in [3.05, 3.63) is 35.2 Å². The molecule has 0 saturated heterocycles. The molecule has 0 bridgehead atoms. The fourth-order valence-electron chi connectivity index (χ4n) is 2.14. The SMILES string of the molecule is CCCCn1c(-c2cscn2)nc2ccccc21. The predicted octanol–water partition coefficient (Wildman–Crippen LogP) is 3.96. The van der Waals surface area contributed by atoms with Crippen LogP contribution >= 0.6 is 11.3 Å². The minimum Gasteiger partial charge on any atom is -0.323 e. The summed E-state index contributed by atoms with van der Waals surface area (Å²) in [6.45, 7) is 3.21. The van der Waals surface area contributed by atoms with Crippen molar-refractivity contribution in [1.29, 1.82) is 0 Å². The van der Waals surface area contributed by atoms with Crippen LogP contribution in [0.4, 0.5) is 0 Å². The van der Waals surface area contributed by atoms with Crippen molar-refractivity contribution in [1.82, 2.24) is 14.5 Å². The van der Waals surface area contributed by atoms with E-state index >= 15 is 0 Å². The number of aryl methyl sites for hydroxylation is 1. The largest absolute Gasteiger partial charge is 0.323 e. The zero-order valence-corrected chi connectivity index (χ0v) is 11.2. The zero-order valence-electron chi connectivity index (χ0n) is 10.3. The molecule has 0 aliphatic carbocycles. The monoisotopic (exact) mass is 257 g/mol. The van der Waals surface area contributed by atoms with Crippen LogP contribution in [0.25, 0.3) is 22.6 Å². The molecule has 0 fully saturated rings. The number of benzene rings is 1. The number of para-hydroxylation sites is 2.